The first-order chi connectivity index (χ1) is 16.4. The third kappa shape index (κ3) is 4.02. The number of rotatable bonds is 6. The average Bonchev–Trinajstić information content (AvgIpc) is 3.54. The van der Waals surface area contributed by atoms with Crippen LogP contribution in [0.5, 0.6) is 5.75 Å². The van der Waals surface area contributed by atoms with Gasteiger partial charge in [0.1, 0.15) is 23.0 Å². The smallest absolute Gasteiger partial charge is 0.283 e. The molecule has 0 N–H and O–H groups in total. The highest BCUT2D eigenvalue weighted by atomic mass is 19.1. The van der Waals surface area contributed by atoms with Crippen LogP contribution in [-0.4, -0.2) is 31.8 Å². The minimum absolute atomic E-state index is 0.128. The summed E-state index contributed by atoms with van der Waals surface area (Å²) in [5.41, 5.74) is 2.38. The number of ether oxygens (including phenoxy) is 1. The molecule has 9 heteroatoms. The average molecular weight is 466 g/mol. The second-order valence-corrected chi connectivity index (χ2v) is 8.67. The van der Waals surface area contributed by atoms with Gasteiger partial charge in [0.15, 0.2) is 5.52 Å². The van der Waals surface area contributed by atoms with Crippen LogP contribution in [-0.2, 0) is 13.6 Å². The van der Waals surface area contributed by atoms with Gasteiger partial charge in [0.05, 0.1) is 32.1 Å². The Bertz CT molecular complexity index is 1480. The molecule has 2 aromatic heterocycles. The number of imidazole rings is 1. The zero-order valence-electron chi connectivity index (χ0n) is 19.2. The summed E-state index contributed by atoms with van der Waals surface area (Å²) < 4.78 is 38.3. The van der Waals surface area contributed by atoms with Crippen molar-refractivity contribution in [3.63, 3.8) is 0 Å². The maximum absolute atomic E-state index is 13.9. The van der Waals surface area contributed by atoms with E-state index >= 15 is 0 Å². The van der Waals surface area contributed by atoms with E-state index in [0.717, 1.165) is 30.2 Å². The molecule has 0 saturated heterocycles. The van der Waals surface area contributed by atoms with Crippen molar-refractivity contribution in [3.05, 3.63) is 87.5 Å². The molecule has 0 bridgehead atoms. The highest BCUT2D eigenvalue weighted by molar-refractivity contribution is 5.70. The highest BCUT2D eigenvalue weighted by Crippen LogP contribution is 2.24. The van der Waals surface area contributed by atoms with Crippen LogP contribution in [0.2, 0.25) is 0 Å². The Balaban J connectivity index is 1.68. The van der Waals surface area contributed by atoms with E-state index in [-0.39, 0.29) is 17.1 Å². The molecule has 1 atom stereocenters. The molecule has 0 spiro atoms. The van der Waals surface area contributed by atoms with Crippen molar-refractivity contribution in [2.75, 3.05) is 7.11 Å². The Kier molecular flexibility index (Phi) is 5.55. The molecule has 1 saturated carbocycles. The monoisotopic (exact) mass is 465 g/mol. The van der Waals surface area contributed by atoms with Crippen molar-refractivity contribution in [1.29, 1.82) is 0 Å². The zero-order valence-corrected chi connectivity index (χ0v) is 19.2. The Morgan fingerprint density at radius 2 is 1.82 bits per heavy atom. The van der Waals surface area contributed by atoms with Crippen LogP contribution in [0.1, 0.15) is 36.9 Å². The molecule has 5 rings (SSSR count). The van der Waals surface area contributed by atoms with Crippen LogP contribution in [0.15, 0.2) is 58.6 Å². The van der Waals surface area contributed by atoms with Crippen LogP contribution >= 0.6 is 0 Å². The molecule has 176 valence electrons. The van der Waals surface area contributed by atoms with E-state index in [2.05, 4.69) is 4.98 Å². The van der Waals surface area contributed by atoms with E-state index < -0.39 is 17.7 Å². The summed E-state index contributed by atoms with van der Waals surface area (Å²) >= 11 is 0. The molecule has 0 aliphatic heterocycles. The molecule has 1 fully saturated rings. The highest BCUT2D eigenvalue weighted by Gasteiger charge is 2.24. The predicted octanol–water partition coefficient (Wildman–Crippen LogP) is 3.54. The van der Waals surface area contributed by atoms with Gasteiger partial charge in [-0.2, -0.15) is 0 Å². The molecular weight excluding hydrogens is 440 g/mol. The fourth-order valence-electron chi connectivity index (χ4n) is 4.21. The van der Waals surface area contributed by atoms with Gasteiger partial charge in [-0.05, 0) is 55.2 Å². The summed E-state index contributed by atoms with van der Waals surface area (Å²) in [5, 5.41) is 0. The zero-order chi connectivity index (χ0) is 24.0. The second-order valence-electron chi connectivity index (χ2n) is 8.67. The molecule has 0 amide bonds. The van der Waals surface area contributed by atoms with E-state index in [9.17, 15) is 13.6 Å². The van der Waals surface area contributed by atoms with E-state index in [4.69, 9.17) is 9.73 Å². The minimum Gasteiger partial charge on any atom is -0.497 e. The number of hydrogen-bond donors (Lipinski definition) is 0. The third-order valence-corrected chi connectivity index (χ3v) is 6.18. The van der Waals surface area contributed by atoms with Crippen LogP contribution in [0.4, 0.5) is 8.78 Å². The van der Waals surface area contributed by atoms with Crippen molar-refractivity contribution in [1.82, 2.24) is 18.7 Å². The van der Waals surface area contributed by atoms with Crippen molar-refractivity contribution in [3.8, 4) is 5.75 Å². The molecule has 34 heavy (non-hydrogen) atoms. The summed E-state index contributed by atoms with van der Waals surface area (Å²) in [6, 6.07) is 10.5. The Morgan fingerprint density at radius 1 is 1.15 bits per heavy atom. The lowest BCUT2D eigenvalue weighted by Gasteiger charge is -2.19. The van der Waals surface area contributed by atoms with Crippen LogP contribution in [0, 0.1) is 11.6 Å². The predicted molar refractivity (Wildman–Crippen MR) is 124 cm³/mol. The van der Waals surface area contributed by atoms with Gasteiger partial charge in [0.2, 0.25) is 5.62 Å². The maximum atomic E-state index is 13.9. The summed E-state index contributed by atoms with van der Waals surface area (Å²) in [5.74, 6) is -0.615. The molecule has 2 heterocycles. The quantitative estimate of drug-likeness (QED) is 0.438. The van der Waals surface area contributed by atoms with E-state index in [0.29, 0.717) is 23.4 Å². The summed E-state index contributed by atoms with van der Waals surface area (Å²) in [4.78, 5) is 22.9. The third-order valence-electron chi connectivity index (χ3n) is 6.18. The SMILES string of the molecule is COc1ccc(Cn2cnc3c(=O)n(C(C)c4cc(F)cc(F)c4)c(=NC4CC4)n(C)c32)cc1. The number of aromatic nitrogens is 4. The first kappa shape index (κ1) is 22.1. The Hall–Kier alpha value is -3.75. The topological polar surface area (TPSA) is 66.3 Å². The molecule has 1 aliphatic carbocycles. The fourth-order valence-corrected chi connectivity index (χ4v) is 4.21. The summed E-state index contributed by atoms with van der Waals surface area (Å²) in [7, 11) is 3.46. The lowest BCUT2D eigenvalue weighted by atomic mass is 10.1. The van der Waals surface area contributed by atoms with Crippen molar-refractivity contribution in [2.45, 2.75) is 38.4 Å². The number of halogens is 2. The Labute approximate surface area is 194 Å². The number of benzene rings is 2. The lowest BCUT2D eigenvalue weighted by Crippen LogP contribution is -2.42. The van der Waals surface area contributed by atoms with Gasteiger partial charge >= 0.3 is 0 Å². The van der Waals surface area contributed by atoms with Gasteiger partial charge in [-0.3, -0.25) is 13.9 Å². The maximum Gasteiger partial charge on any atom is 0.283 e. The van der Waals surface area contributed by atoms with E-state index in [1.54, 1.807) is 20.4 Å². The van der Waals surface area contributed by atoms with Crippen molar-refractivity contribution >= 4 is 11.2 Å². The normalized spacial score (nSPS) is 15.1. The van der Waals surface area contributed by atoms with Crippen molar-refractivity contribution in [2.24, 2.45) is 12.0 Å². The molecule has 0 radical (unpaired) electrons. The van der Waals surface area contributed by atoms with Crippen LogP contribution in [0.3, 0.4) is 0 Å². The van der Waals surface area contributed by atoms with Gasteiger partial charge in [0, 0.05) is 13.1 Å². The number of methoxy groups -OCH3 is 1. The van der Waals surface area contributed by atoms with Crippen LogP contribution in [0.25, 0.3) is 11.2 Å². The molecule has 7 nitrogen and oxygen atoms in total. The fraction of sp³-hybridized carbons (Fsp3) is 0.320. The van der Waals surface area contributed by atoms with Gasteiger partial charge in [0.25, 0.3) is 5.56 Å². The number of hydrogen-bond acceptors (Lipinski definition) is 4. The first-order valence-electron chi connectivity index (χ1n) is 11.1. The molecule has 1 unspecified atom stereocenters. The molecule has 2 aromatic carbocycles. The Morgan fingerprint density at radius 3 is 2.44 bits per heavy atom. The lowest BCUT2D eigenvalue weighted by molar-refractivity contribution is 0.414. The van der Waals surface area contributed by atoms with E-state index in [1.165, 1.54) is 16.7 Å². The molecule has 4 aromatic rings. The number of aryl methyl sites for hydroxylation is 1. The van der Waals surface area contributed by atoms with Gasteiger partial charge < -0.3 is 9.30 Å². The van der Waals surface area contributed by atoms with Crippen LogP contribution < -0.4 is 15.9 Å². The number of fused-ring (bicyclic) bond motifs is 1. The number of nitrogens with zero attached hydrogens (tertiary/aromatic N) is 5. The van der Waals surface area contributed by atoms with Gasteiger partial charge in [-0.15, -0.1) is 0 Å². The largest absolute Gasteiger partial charge is 0.497 e. The molecular formula is C25H25F2N5O2. The second kappa shape index (κ2) is 8.55. The minimum atomic E-state index is -0.690. The summed E-state index contributed by atoms with van der Waals surface area (Å²) in [6.45, 7) is 2.24. The van der Waals surface area contributed by atoms with Gasteiger partial charge in [-0.1, -0.05) is 12.1 Å². The van der Waals surface area contributed by atoms with E-state index in [1.807, 2.05) is 40.4 Å². The van der Waals surface area contributed by atoms with Crippen molar-refractivity contribution < 1.29 is 13.5 Å². The molecule has 1 aliphatic rings. The first-order valence-corrected chi connectivity index (χ1v) is 11.1. The summed E-state index contributed by atoms with van der Waals surface area (Å²) in [6.07, 6.45) is 3.52. The standard InChI is InChI=1S/C25H25F2N5O2/c1-15(17-10-18(26)12-19(27)11-17)32-24(33)22-23(30(2)25(32)29-20-6-7-20)31(14-28-22)13-16-4-8-21(34-3)9-5-16/h4-5,8-12,14-15,20H,6-7,13H2,1-3H3. The van der Waals surface area contributed by atoms with Gasteiger partial charge in [-0.25, -0.2) is 18.8 Å².